The molecular formula is C16H20N4O3S. The molecule has 0 radical (unpaired) electrons. The molecule has 2 aromatic rings. The van der Waals surface area contributed by atoms with Crippen molar-refractivity contribution in [3.05, 3.63) is 28.1 Å². The van der Waals surface area contributed by atoms with Crippen LogP contribution in [0.2, 0.25) is 0 Å². The monoisotopic (exact) mass is 348 g/mol. The molecule has 0 unspecified atom stereocenters. The second-order valence-corrected chi connectivity index (χ2v) is 6.94. The van der Waals surface area contributed by atoms with E-state index in [1.807, 2.05) is 5.38 Å². The van der Waals surface area contributed by atoms with Gasteiger partial charge in [0, 0.05) is 19.0 Å². The van der Waals surface area contributed by atoms with Crippen LogP contribution in [0, 0.1) is 5.92 Å². The summed E-state index contributed by atoms with van der Waals surface area (Å²) in [6, 6.07) is 1.79. The maximum absolute atomic E-state index is 12.3. The molecule has 0 aliphatic heterocycles. The highest BCUT2D eigenvalue weighted by Crippen LogP contribution is 2.24. The van der Waals surface area contributed by atoms with Gasteiger partial charge in [-0.25, -0.2) is 4.98 Å². The first-order chi connectivity index (χ1) is 11.6. The van der Waals surface area contributed by atoms with Crippen LogP contribution in [-0.4, -0.2) is 34.5 Å². The fourth-order valence-electron chi connectivity index (χ4n) is 3.14. The van der Waals surface area contributed by atoms with Crippen molar-refractivity contribution in [1.29, 1.82) is 0 Å². The summed E-state index contributed by atoms with van der Waals surface area (Å²) in [6.45, 7) is -0.0347. The van der Waals surface area contributed by atoms with Gasteiger partial charge >= 0.3 is 0 Å². The molecule has 3 rings (SSSR count). The fraction of sp³-hybridized carbons (Fsp3) is 0.500. The van der Waals surface area contributed by atoms with Crippen molar-refractivity contribution in [3.8, 4) is 0 Å². The summed E-state index contributed by atoms with van der Waals surface area (Å²) < 4.78 is 1.33. The Labute approximate surface area is 143 Å². The largest absolute Gasteiger partial charge is 0.359 e. The van der Waals surface area contributed by atoms with Crippen LogP contribution in [0.25, 0.3) is 10.2 Å². The van der Waals surface area contributed by atoms with Gasteiger partial charge in [-0.05, 0) is 37.1 Å². The van der Waals surface area contributed by atoms with Crippen LogP contribution < -0.4 is 16.2 Å². The highest BCUT2D eigenvalue weighted by atomic mass is 32.1. The number of nitrogens with one attached hydrogen (secondary N) is 2. The lowest BCUT2D eigenvalue weighted by molar-refractivity contribution is -0.125. The highest BCUT2D eigenvalue weighted by Gasteiger charge is 2.26. The van der Waals surface area contributed by atoms with Gasteiger partial charge in [0.2, 0.25) is 11.8 Å². The molecule has 1 fully saturated rings. The van der Waals surface area contributed by atoms with Gasteiger partial charge in [0.15, 0.2) is 0 Å². The standard InChI is InChI=1S/C16H20N4O3S/c1-17-14(22)10-2-4-11(5-3-10)19-13(21)8-20-9-18-15-12(16(20)23)6-7-24-15/h6-7,9-11H,2-5,8H2,1H3,(H,17,22)(H,19,21). The molecule has 1 aliphatic carbocycles. The van der Waals surface area contributed by atoms with E-state index in [0.29, 0.717) is 10.2 Å². The maximum Gasteiger partial charge on any atom is 0.262 e. The quantitative estimate of drug-likeness (QED) is 0.858. The van der Waals surface area contributed by atoms with Crippen LogP contribution in [0.1, 0.15) is 25.7 Å². The summed E-state index contributed by atoms with van der Waals surface area (Å²) in [6.07, 6.45) is 4.52. The predicted octanol–water partition coefficient (Wildman–Crippen LogP) is 0.879. The number of hydrogen-bond acceptors (Lipinski definition) is 5. The molecule has 7 nitrogen and oxygen atoms in total. The van der Waals surface area contributed by atoms with Gasteiger partial charge < -0.3 is 10.6 Å². The average molecular weight is 348 g/mol. The van der Waals surface area contributed by atoms with Crippen LogP contribution >= 0.6 is 11.3 Å². The third-order valence-corrected chi connectivity index (χ3v) is 5.29. The summed E-state index contributed by atoms with van der Waals surface area (Å²) in [5.41, 5.74) is -0.195. The molecule has 0 atom stereocenters. The molecular weight excluding hydrogens is 328 g/mol. The van der Waals surface area contributed by atoms with E-state index < -0.39 is 0 Å². The molecule has 1 saturated carbocycles. The van der Waals surface area contributed by atoms with E-state index in [0.717, 1.165) is 25.7 Å². The molecule has 2 aromatic heterocycles. The number of amides is 2. The van der Waals surface area contributed by atoms with E-state index in [1.54, 1.807) is 13.1 Å². The second kappa shape index (κ2) is 7.12. The van der Waals surface area contributed by atoms with Gasteiger partial charge in [0.1, 0.15) is 11.4 Å². The average Bonchev–Trinajstić information content (AvgIpc) is 3.07. The fourth-order valence-corrected chi connectivity index (χ4v) is 3.86. The Kier molecular flexibility index (Phi) is 4.94. The molecule has 24 heavy (non-hydrogen) atoms. The van der Waals surface area contributed by atoms with Gasteiger partial charge in [-0.15, -0.1) is 11.3 Å². The molecule has 2 amide bonds. The van der Waals surface area contributed by atoms with Crippen LogP contribution in [0.4, 0.5) is 0 Å². The topological polar surface area (TPSA) is 93.1 Å². The van der Waals surface area contributed by atoms with Crippen molar-refractivity contribution in [1.82, 2.24) is 20.2 Å². The van der Waals surface area contributed by atoms with Crippen molar-refractivity contribution in [2.24, 2.45) is 5.92 Å². The number of carbonyl (C=O) groups excluding carboxylic acids is 2. The van der Waals surface area contributed by atoms with Crippen LogP contribution in [0.15, 0.2) is 22.6 Å². The minimum atomic E-state index is -0.197. The number of rotatable bonds is 4. The Morgan fingerprint density at radius 2 is 2.08 bits per heavy atom. The Balaban J connectivity index is 1.57. The van der Waals surface area contributed by atoms with Gasteiger partial charge in [-0.2, -0.15) is 0 Å². The Morgan fingerprint density at radius 1 is 1.33 bits per heavy atom. The molecule has 0 bridgehead atoms. The first kappa shape index (κ1) is 16.6. The van der Waals surface area contributed by atoms with Crippen molar-refractivity contribution < 1.29 is 9.59 Å². The molecule has 8 heteroatoms. The number of carbonyl (C=O) groups is 2. The molecule has 1 aliphatic rings. The number of thiophene rings is 1. The summed E-state index contributed by atoms with van der Waals surface area (Å²) in [4.78, 5) is 41.0. The normalized spacial score (nSPS) is 20.7. The zero-order chi connectivity index (χ0) is 17.1. The minimum absolute atomic E-state index is 0.0347. The summed E-state index contributed by atoms with van der Waals surface area (Å²) in [5.74, 6) is -0.0886. The molecule has 0 aromatic carbocycles. The first-order valence-electron chi connectivity index (χ1n) is 8.02. The van der Waals surface area contributed by atoms with Crippen molar-refractivity contribution >= 4 is 33.4 Å². The van der Waals surface area contributed by atoms with Gasteiger partial charge in [0.05, 0.1) is 11.7 Å². The first-order valence-corrected chi connectivity index (χ1v) is 8.90. The lowest BCUT2D eigenvalue weighted by Crippen LogP contribution is -2.42. The third kappa shape index (κ3) is 3.48. The van der Waals surface area contributed by atoms with Crippen molar-refractivity contribution in [2.45, 2.75) is 38.3 Å². The predicted molar refractivity (Wildman–Crippen MR) is 91.8 cm³/mol. The number of hydrogen-bond donors (Lipinski definition) is 2. The summed E-state index contributed by atoms with van der Waals surface area (Å²) >= 11 is 1.40. The lowest BCUT2D eigenvalue weighted by Gasteiger charge is -2.28. The van der Waals surface area contributed by atoms with Crippen LogP contribution in [0.5, 0.6) is 0 Å². The number of aromatic nitrogens is 2. The molecule has 0 saturated heterocycles. The second-order valence-electron chi connectivity index (χ2n) is 6.05. The van der Waals surface area contributed by atoms with Gasteiger partial charge in [0.25, 0.3) is 5.56 Å². The van der Waals surface area contributed by atoms with E-state index in [9.17, 15) is 14.4 Å². The summed E-state index contributed by atoms with van der Waals surface area (Å²) in [5, 5.41) is 7.99. The smallest absolute Gasteiger partial charge is 0.262 e. The highest BCUT2D eigenvalue weighted by molar-refractivity contribution is 7.16. The van der Waals surface area contributed by atoms with E-state index in [-0.39, 0.29) is 35.9 Å². The Hall–Kier alpha value is -2.22. The Morgan fingerprint density at radius 3 is 2.79 bits per heavy atom. The van der Waals surface area contributed by atoms with E-state index in [4.69, 9.17) is 0 Å². The third-order valence-electron chi connectivity index (χ3n) is 4.47. The molecule has 2 N–H and O–H groups in total. The molecule has 2 heterocycles. The Bertz CT molecular complexity index is 805. The van der Waals surface area contributed by atoms with E-state index >= 15 is 0 Å². The van der Waals surface area contributed by atoms with Gasteiger partial charge in [-0.3, -0.25) is 19.0 Å². The molecule has 0 spiro atoms. The van der Waals surface area contributed by atoms with E-state index in [1.165, 1.54) is 22.2 Å². The number of fused-ring (bicyclic) bond motifs is 1. The van der Waals surface area contributed by atoms with Crippen molar-refractivity contribution in [2.75, 3.05) is 7.05 Å². The van der Waals surface area contributed by atoms with Crippen molar-refractivity contribution in [3.63, 3.8) is 0 Å². The lowest BCUT2D eigenvalue weighted by atomic mass is 9.85. The molecule has 128 valence electrons. The van der Waals surface area contributed by atoms with Crippen LogP contribution in [-0.2, 0) is 16.1 Å². The van der Waals surface area contributed by atoms with E-state index in [2.05, 4.69) is 15.6 Å². The SMILES string of the molecule is CNC(=O)C1CCC(NC(=O)Cn2cnc3sccc3c2=O)CC1. The van der Waals surface area contributed by atoms with Gasteiger partial charge in [-0.1, -0.05) is 0 Å². The number of nitrogens with zero attached hydrogens (tertiary/aromatic N) is 2. The summed E-state index contributed by atoms with van der Waals surface area (Å²) in [7, 11) is 1.65. The van der Waals surface area contributed by atoms with Crippen LogP contribution in [0.3, 0.4) is 0 Å². The minimum Gasteiger partial charge on any atom is -0.359 e. The zero-order valence-electron chi connectivity index (χ0n) is 13.4. The maximum atomic E-state index is 12.3. The zero-order valence-corrected chi connectivity index (χ0v) is 14.3.